The topological polar surface area (TPSA) is 49.4 Å². The summed E-state index contributed by atoms with van der Waals surface area (Å²) in [6.45, 7) is 2.46. The van der Waals surface area contributed by atoms with Crippen LogP contribution < -0.4 is 5.32 Å². The number of carbonyl (C=O) groups excluding carboxylic acids is 2. The molecule has 1 atom stereocenters. The van der Waals surface area contributed by atoms with E-state index in [9.17, 15) is 14.0 Å². The third kappa shape index (κ3) is 4.44. The summed E-state index contributed by atoms with van der Waals surface area (Å²) >= 11 is 0. The average molecular weight is 340 g/mol. The Labute approximate surface area is 146 Å². The molecule has 25 heavy (non-hydrogen) atoms. The maximum atomic E-state index is 13.0. The molecule has 3 amide bonds. The van der Waals surface area contributed by atoms with Crippen molar-refractivity contribution in [1.29, 1.82) is 0 Å². The quantitative estimate of drug-likeness (QED) is 0.895. The molecule has 0 heterocycles. The first-order valence-corrected chi connectivity index (χ1v) is 8.46. The van der Waals surface area contributed by atoms with Crippen molar-refractivity contribution < 1.29 is 14.0 Å². The predicted octanol–water partition coefficient (Wildman–Crippen LogP) is 3.98. The first-order valence-electron chi connectivity index (χ1n) is 8.46. The molecule has 0 unspecified atom stereocenters. The Bertz CT molecular complexity index is 742. The summed E-state index contributed by atoms with van der Waals surface area (Å²) < 4.78 is 13.0. The van der Waals surface area contributed by atoms with Crippen LogP contribution in [0.1, 0.15) is 35.7 Å². The van der Waals surface area contributed by atoms with Crippen LogP contribution in [-0.2, 0) is 6.54 Å². The number of halogens is 1. The van der Waals surface area contributed by atoms with Gasteiger partial charge in [0.15, 0.2) is 0 Å². The van der Waals surface area contributed by atoms with Gasteiger partial charge in [-0.2, -0.15) is 0 Å². The lowest BCUT2D eigenvalue weighted by Gasteiger charge is -2.29. The molecule has 0 radical (unpaired) electrons. The number of amides is 3. The predicted molar refractivity (Wildman–Crippen MR) is 93.4 cm³/mol. The first-order chi connectivity index (χ1) is 12.0. The van der Waals surface area contributed by atoms with Gasteiger partial charge in [0.05, 0.1) is 0 Å². The summed E-state index contributed by atoms with van der Waals surface area (Å²) in [6.07, 6.45) is 2.21. The van der Waals surface area contributed by atoms with Crippen LogP contribution in [0.25, 0.3) is 0 Å². The number of imide groups is 1. The molecule has 2 aromatic carbocycles. The van der Waals surface area contributed by atoms with E-state index in [1.807, 2.05) is 37.3 Å². The van der Waals surface area contributed by atoms with Crippen molar-refractivity contribution in [3.63, 3.8) is 0 Å². The fraction of sp³-hybridized carbons (Fsp3) is 0.300. The molecule has 0 spiro atoms. The van der Waals surface area contributed by atoms with Gasteiger partial charge in [-0.05, 0) is 55.5 Å². The third-order valence-corrected chi connectivity index (χ3v) is 4.58. The zero-order chi connectivity index (χ0) is 17.8. The van der Waals surface area contributed by atoms with Gasteiger partial charge in [-0.1, -0.05) is 30.3 Å². The molecule has 2 aromatic rings. The summed E-state index contributed by atoms with van der Waals surface area (Å²) in [5.74, 6) is -0.461. The third-order valence-electron chi connectivity index (χ3n) is 4.58. The highest BCUT2D eigenvalue weighted by atomic mass is 19.1. The lowest BCUT2D eigenvalue weighted by atomic mass is 10.1. The molecule has 1 N–H and O–H groups in total. The zero-order valence-electron chi connectivity index (χ0n) is 14.1. The second-order valence-corrected chi connectivity index (χ2v) is 6.46. The van der Waals surface area contributed by atoms with Crippen LogP contribution in [0.4, 0.5) is 9.18 Å². The minimum absolute atomic E-state index is 0.0567. The van der Waals surface area contributed by atoms with Crippen molar-refractivity contribution in [2.75, 3.05) is 0 Å². The Morgan fingerprint density at radius 3 is 2.36 bits per heavy atom. The van der Waals surface area contributed by atoms with Gasteiger partial charge in [-0.15, -0.1) is 0 Å². The van der Waals surface area contributed by atoms with Crippen molar-refractivity contribution in [3.8, 4) is 0 Å². The fourth-order valence-electron chi connectivity index (χ4n) is 2.86. The fourth-order valence-corrected chi connectivity index (χ4v) is 2.86. The minimum Gasteiger partial charge on any atom is -0.317 e. The summed E-state index contributed by atoms with van der Waals surface area (Å²) in [4.78, 5) is 26.6. The molecule has 0 bridgehead atoms. The van der Waals surface area contributed by atoms with E-state index in [4.69, 9.17) is 0 Å². The number of hydrogen-bond acceptors (Lipinski definition) is 2. The van der Waals surface area contributed by atoms with E-state index in [2.05, 4.69) is 5.32 Å². The standard InChI is InChI=1S/C20H21FN2O2/c1-14(16-7-8-16)23(13-15-5-3-2-4-6-15)20(25)22-19(24)17-9-11-18(21)12-10-17/h2-6,9-12,14,16H,7-8,13H2,1H3,(H,22,24,25)/t14-/m1/s1. The van der Waals surface area contributed by atoms with Crippen LogP contribution >= 0.6 is 0 Å². The monoisotopic (exact) mass is 340 g/mol. The SMILES string of the molecule is C[C@H](C1CC1)N(Cc1ccccc1)C(=O)NC(=O)c1ccc(F)cc1. The molecular weight excluding hydrogens is 319 g/mol. The number of carbonyl (C=O) groups is 2. The number of nitrogens with one attached hydrogen (secondary N) is 1. The molecule has 130 valence electrons. The van der Waals surface area contributed by atoms with Gasteiger partial charge in [0.1, 0.15) is 5.82 Å². The highest BCUT2D eigenvalue weighted by molar-refractivity contribution is 6.04. The van der Waals surface area contributed by atoms with Crippen LogP contribution in [0.15, 0.2) is 54.6 Å². The molecule has 1 aliphatic carbocycles. The summed E-state index contributed by atoms with van der Waals surface area (Å²) in [5.41, 5.74) is 1.27. The van der Waals surface area contributed by atoms with E-state index in [1.54, 1.807) is 4.90 Å². The Balaban J connectivity index is 1.72. The van der Waals surface area contributed by atoms with E-state index in [0.29, 0.717) is 12.5 Å². The van der Waals surface area contributed by atoms with Crippen molar-refractivity contribution in [1.82, 2.24) is 10.2 Å². The van der Waals surface area contributed by atoms with E-state index in [0.717, 1.165) is 18.4 Å². The van der Waals surface area contributed by atoms with E-state index >= 15 is 0 Å². The number of nitrogens with zero attached hydrogens (tertiary/aromatic N) is 1. The van der Waals surface area contributed by atoms with Gasteiger partial charge >= 0.3 is 6.03 Å². The number of hydrogen-bond donors (Lipinski definition) is 1. The number of benzene rings is 2. The molecule has 0 aromatic heterocycles. The van der Waals surface area contributed by atoms with Crippen LogP contribution in [0.3, 0.4) is 0 Å². The molecule has 1 fully saturated rings. The molecule has 0 aliphatic heterocycles. The minimum atomic E-state index is -0.522. The molecule has 0 saturated heterocycles. The molecule has 1 saturated carbocycles. The lowest BCUT2D eigenvalue weighted by Crippen LogP contribution is -2.47. The Hall–Kier alpha value is -2.69. The average Bonchev–Trinajstić information content (AvgIpc) is 3.45. The van der Waals surface area contributed by atoms with Gasteiger partial charge in [0, 0.05) is 18.2 Å². The van der Waals surface area contributed by atoms with Crippen LogP contribution in [0, 0.1) is 11.7 Å². The Kier molecular flexibility index (Phi) is 5.12. The summed E-state index contributed by atoms with van der Waals surface area (Å²) in [7, 11) is 0. The van der Waals surface area contributed by atoms with Crippen LogP contribution in [0.2, 0.25) is 0 Å². The zero-order valence-corrected chi connectivity index (χ0v) is 14.1. The van der Waals surface area contributed by atoms with Crippen molar-refractivity contribution in [2.45, 2.75) is 32.4 Å². The molecule has 5 heteroatoms. The lowest BCUT2D eigenvalue weighted by molar-refractivity contribution is 0.0941. The normalized spacial score (nSPS) is 14.6. The Morgan fingerprint density at radius 2 is 1.76 bits per heavy atom. The maximum Gasteiger partial charge on any atom is 0.324 e. The van der Waals surface area contributed by atoms with Crippen molar-refractivity contribution in [2.24, 2.45) is 5.92 Å². The number of rotatable bonds is 5. The smallest absolute Gasteiger partial charge is 0.317 e. The summed E-state index contributed by atoms with van der Waals surface area (Å²) in [6, 6.07) is 14.5. The second kappa shape index (κ2) is 7.47. The molecular formula is C20H21FN2O2. The number of urea groups is 1. The van der Waals surface area contributed by atoms with E-state index < -0.39 is 17.8 Å². The van der Waals surface area contributed by atoms with Crippen LogP contribution in [0.5, 0.6) is 0 Å². The molecule has 3 rings (SSSR count). The maximum absolute atomic E-state index is 13.0. The van der Waals surface area contributed by atoms with Crippen molar-refractivity contribution in [3.05, 3.63) is 71.5 Å². The summed E-state index contributed by atoms with van der Waals surface area (Å²) in [5, 5.41) is 2.43. The first kappa shape index (κ1) is 17.1. The van der Waals surface area contributed by atoms with Gasteiger partial charge in [0.25, 0.3) is 5.91 Å². The molecule has 1 aliphatic rings. The Morgan fingerprint density at radius 1 is 1.12 bits per heavy atom. The highest BCUT2D eigenvalue weighted by Gasteiger charge is 2.34. The van der Waals surface area contributed by atoms with Gasteiger partial charge in [0.2, 0.25) is 0 Å². The van der Waals surface area contributed by atoms with Crippen LogP contribution in [-0.4, -0.2) is 22.9 Å². The second-order valence-electron chi connectivity index (χ2n) is 6.46. The van der Waals surface area contributed by atoms with Crippen molar-refractivity contribution >= 4 is 11.9 Å². The van der Waals surface area contributed by atoms with E-state index in [1.165, 1.54) is 24.3 Å². The largest absolute Gasteiger partial charge is 0.324 e. The highest BCUT2D eigenvalue weighted by Crippen LogP contribution is 2.35. The van der Waals surface area contributed by atoms with Gasteiger partial charge in [-0.25, -0.2) is 9.18 Å². The van der Waals surface area contributed by atoms with Gasteiger partial charge in [-0.3, -0.25) is 10.1 Å². The molecule has 4 nitrogen and oxygen atoms in total. The van der Waals surface area contributed by atoms with E-state index in [-0.39, 0.29) is 11.6 Å². The van der Waals surface area contributed by atoms with Gasteiger partial charge < -0.3 is 4.90 Å².